The van der Waals surface area contributed by atoms with Crippen LogP contribution in [0, 0.1) is 11.3 Å². The van der Waals surface area contributed by atoms with Gasteiger partial charge in [0.25, 0.3) is 0 Å². The molecule has 2 atom stereocenters. The maximum Gasteiger partial charge on any atom is 0.310 e. The van der Waals surface area contributed by atoms with Crippen LogP contribution >= 0.6 is 0 Å². The van der Waals surface area contributed by atoms with Crippen LogP contribution in [0.25, 0.3) is 0 Å². The fourth-order valence-electron chi connectivity index (χ4n) is 2.89. The highest BCUT2D eigenvalue weighted by atomic mass is 16.5. The summed E-state index contributed by atoms with van der Waals surface area (Å²) in [4.78, 5) is 24.0. The van der Waals surface area contributed by atoms with Crippen LogP contribution in [-0.4, -0.2) is 18.4 Å². The molecule has 3 rings (SSSR count). The second kappa shape index (κ2) is 3.42. The Labute approximate surface area is 99.8 Å². The molecule has 2 unspecified atom stereocenters. The molecule has 2 aliphatic rings. The summed E-state index contributed by atoms with van der Waals surface area (Å²) in [6.07, 6.45) is 1.35. The largest absolute Gasteiger partial charge is 0.466 e. The summed E-state index contributed by atoms with van der Waals surface area (Å²) in [5.41, 5.74) is 1.40. The Morgan fingerprint density at radius 1 is 1.47 bits per heavy atom. The highest BCUT2D eigenvalue weighted by Crippen LogP contribution is 2.60. The molecule has 1 aromatic carbocycles. The molecule has 3 nitrogen and oxygen atoms in total. The molecular weight excluding hydrogens is 216 g/mol. The Morgan fingerprint density at radius 2 is 2.24 bits per heavy atom. The van der Waals surface area contributed by atoms with Crippen LogP contribution in [-0.2, 0) is 16.0 Å². The third-order valence-electron chi connectivity index (χ3n) is 3.87. The van der Waals surface area contributed by atoms with Gasteiger partial charge < -0.3 is 4.74 Å². The molecule has 17 heavy (non-hydrogen) atoms. The number of ether oxygens (including phenoxy) is 1. The number of esters is 1. The van der Waals surface area contributed by atoms with Gasteiger partial charge in [-0.25, -0.2) is 0 Å². The zero-order valence-corrected chi connectivity index (χ0v) is 9.73. The van der Waals surface area contributed by atoms with Crippen LogP contribution in [0.3, 0.4) is 0 Å². The average molecular weight is 230 g/mol. The lowest BCUT2D eigenvalue weighted by Crippen LogP contribution is -2.19. The second-order valence-electron chi connectivity index (χ2n) is 4.83. The van der Waals surface area contributed by atoms with Gasteiger partial charge in [-0.3, -0.25) is 9.59 Å². The minimum atomic E-state index is -0.462. The van der Waals surface area contributed by atoms with Crippen molar-refractivity contribution in [2.24, 2.45) is 11.3 Å². The minimum absolute atomic E-state index is 0.131. The zero-order valence-electron chi connectivity index (χ0n) is 9.73. The summed E-state index contributed by atoms with van der Waals surface area (Å²) in [7, 11) is 0. The van der Waals surface area contributed by atoms with Crippen LogP contribution in [0.4, 0.5) is 0 Å². The van der Waals surface area contributed by atoms with Crippen LogP contribution < -0.4 is 0 Å². The quantitative estimate of drug-likeness (QED) is 0.730. The highest BCUT2D eigenvalue weighted by molar-refractivity contribution is 6.09. The molecular formula is C14H14O3. The smallest absolute Gasteiger partial charge is 0.310 e. The predicted octanol–water partition coefficient (Wildman–Crippen LogP) is 1.99. The maximum absolute atomic E-state index is 12.3. The summed E-state index contributed by atoms with van der Waals surface area (Å²) in [5.74, 6) is -0.304. The molecule has 0 amide bonds. The fourth-order valence-corrected chi connectivity index (χ4v) is 2.89. The van der Waals surface area contributed by atoms with E-state index in [0.717, 1.165) is 11.1 Å². The van der Waals surface area contributed by atoms with E-state index in [-0.39, 0.29) is 17.7 Å². The molecule has 0 heterocycles. The number of carbonyl (C=O) groups excluding carboxylic acids is 2. The first-order valence-corrected chi connectivity index (χ1v) is 5.98. The van der Waals surface area contributed by atoms with Crippen molar-refractivity contribution in [3.63, 3.8) is 0 Å². The number of rotatable bonds is 2. The van der Waals surface area contributed by atoms with Gasteiger partial charge in [0.15, 0.2) is 5.78 Å². The van der Waals surface area contributed by atoms with Gasteiger partial charge in [-0.05, 0) is 25.3 Å². The Kier molecular flexibility index (Phi) is 2.12. The average Bonchev–Trinajstić information content (AvgIpc) is 2.97. The van der Waals surface area contributed by atoms with E-state index in [2.05, 4.69) is 0 Å². The number of Topliss-reactive ketones (excluding diaryl/α,β-unsaturated/α-hetero) is 1. The lowest BCUT2D eigenvalue weighted by Gasteiger charge is -2.06. The van der Waals surface area contributed by atoms with Gasteiger partial charge >= 0.3 is 5.97 Å². The zero-order chi connectivity index (χ0) is 12.0. The van der Waals surface area contributed by atoms with E-state index in [9.17, 15) is 9.59 Å². The lowest BCUT2D eigenvalue weighted by molar-refractivity contribution is -0.145. The van der Waals surface area contributed by atoms with E-state index in [4.69, 9.17) is 4.74 Å². The van der Waals surface area contributed by atoms with E-state index >= 15 is 0 Å². The molecule has 88 valence electrons. The van der Waals surface area contributed by atoms with Gasteiger partial charge in [-0.1, -0.05) is 24.3 Å². The summed E-state index contributed by atoms with van der Waals surface area (Å²) < 4.78 is 5.01. The third kappa shape index (κ3) is 1.35. The lowest BCUT2D eigenvalue weighted by atomic mass is 9.99. The topological polar surface area (TPSA) is 43.4 Å². The van der Waals surface area contributed by atoms with Crippen molar-refractivity contribution < 1.29 is 14.3 Å². The summed E-state index contributed by atoms with van der Waals surface area (Å²) >= 11 is 0. The SMILES string of the molecule is CCOC(=O)C1CC12Cc1ccccc1C2=O. The number of hydrogen-bond acceptors (Lipinski definition) is 3. The van der Waals surface area contributed by atoms with Gasteiger partial charge in [0.2, 0.25) is 0 Å². The fraction of sp³-hybridized carbons (Fsp3) is 0.429. The maximum atomic E-state index is 12.3. The minimum Gasteiger partial charge on any atom is -0.466 e. The monoisotopic (exact) mass is 230 g/mol. The van der Waals surface area contributed by atoms with Gasteiger partial charge in [0, 0.05) is 5.56 Å². The first-order chi connectivity index (χ1) is 8.19. The summed E-state index contributed by atoms with van der Waals surface area (Å²) in [6, 6.07) is 7.64. The molecule has 1 fully saturated rings. The molecule has 1 spiro atoms. The highest BCUT2D eigenvalue weighted by Gasteiger charge is 2.66. The number of benzene rings is 1. The van der Waals surface area contributed by atoms with E-state index in [0.29, 0.717) is 19.4 Å². The molecule has 0 aliphatic heterocycles. The van der Waals surface area contributed by atoms with Gasteiger partial charge in [0.05, 0.1) is 17.9 Å². The van der Waals surface area contributed by atoms with Crippen molar-refractivity contribution in [3.05, 3.63) is 35.4 Å². The van der Waals surface area contributed by atoms with Gasteiger partial charge in [0.1, 0.15) is 0 Å². The van der Waals surface area contributed by atoms with E-state index in [1.54, 1.807) is 6.92 Å². The third-order valence-corrected chi connectivity index (χ3v) is 3.87. The number of carbonyl (C=O) groups is 2. The molecule has 3 heteroatoms. The predicted molar refractivity (Wildman–Crippen MR) is 61.6 cm³/mol. The van der Waals surface area contributed by atoms with Crippen LogP contribution in [0.5, 0.6) is 0 Å². The first kappa shape index (κ1) is 10.5. The Hall–Kier alpha value is -1.64. The standard InChI is InChI=1S/C14H14O3/c1-2-17-13(16)11-8-14(11)7-9-5-3-4-6-10(9)12(14)15/h3-6,11H,2,7-8H2,1H3. The molecule has 0 N–H and O–H groups in total. The number of fused-ring (bicyclic) bond motifs is 1. The first-order valence-electron chi connectivity index (χ1n) is 5.98. The van der Waals surface area contributed by atoms with Gasteiger partial charge in [-0.2, -0.15) is 0 Å². The van der Waals surface area contributed by atoms with Crippen molar-refractivity contribution in [2.75, 3.05) is 6.61 Å². The molecule has 1 saturated carbocycles. The normalized spacial score (nSPS) is 29.2. The van der Waals surface area contributed by atoms with Crippen LogP contribution in [0.15, 0.2) is 24.3 Å². The van der Waals surface area contributed by atoms with Crippen molar-refractivity contribution in [1.29, 1.82) is 0 Å². The Morgan fingerprint density at radius 3 is 2.94 bits per heavy atom. The van der Waals surface area contributed by atoms with Gasteiger partial charge in [-0.15, -0.1) is 0 Å². The number of hydrogen-bond donors (Lipinski definition) is 0. The van der Waals surface area contributed by atoms with Crippen molar-refractivity contribution >= 4 is 11.8 Å². The number of ketones is 1. The molecule has 0 bridgehead atoms. The van der Waals surface area contributed by atoms with Crippen molar-refractivity contribution in [3.8, 4) is 0 Å². The molecule has 0 radical (unpaired) electrons. The van der Waals surface area contributed by atoms with Crippen LogP contribution in [0.2, 0.25) is 0 Å². The van der Waals surface area contributed by atoms with E-state index in [1.807, 2.05) is 24.3 Å². The Bertz CT molecular complexity index is 506. The van der Waals surface area contributed by atoms with Crippen LogP contribution in [0.1, 0.15) is 29.3 Å². The summed E-state index contributed by atoms with van der Waals surface area (Å²) in [5, 5.41) is 0. The molecule has 2 aliphatic carbocycles. The van der Waals surface area contributed by atoms with E-state index < -0.39 is 5.41 Å². The summed E-state index contributed by atoms with van der Waals surface area (Å²) in [6.45, 7) is 2.17. The Balaban J connectivity index is 1.87. The van der Waals surface area contributed by atoms with Crippen molar-refractivity contribution in [1.82, 2.24) is 0 Å². The molecule has 1 aromatic rings. The molecule has 0 saturated heterocycles. The van der Waals surface area contributed by atoms with E-state index in [1.165, 1.54) is 0 Å². The van der Waals surface area contributed by atoms with Crippen molar-refractivity contribution in [2.45, 2.75) is 19.8 Å². The molecule has 0 aromatic heterocycles. The second-order valence-corrected chi connectivity index (χ2v) is 4.83.